The highest BCUT2D eigenvalue weighted by molar-refractivity contribution is 14.0. The molecule has 1 atom stereocenters. The Morgan fingerprint density at radius 3 is 2.72 bits per heavy atom. The number of rotatable bonds is 7. The fourth-order valence-corrected chi connectivity index (χ4v) is 2.92. The van der Waals surface area contributed by atoms with E-state index in [0.29, 0.717) is 24.5 Å². The molecule has 0 radical (unpaired) electrons. The Labute approximate surface area is 168 Å². The highest BCUT2D eigenvalue weighted by Gasteiger charge is 2.21. The second kappa shape index (κ2) is 11.5. The molecular formula is C18H31IN4O2. The van der Waals surface area contributed by atoms with Gasteiger partial charge < -0.3 is 20.5 Å². The van der Waals surface area contributed by atoms with Crippen LogP contribution in [0.5, 0.6) is 5.75 Å². The molecule has 2 rings (SSSR count). The van der Waals surface area contributed by atoms with Gasteiger partial charge in [0.15, 0.2) is 5.96 Å². The van der Waals surface area contributed by atoms with E-state index in [1.807, 2.05) is 24.3 Å². The lowest BCUT2D eigenvalue weighted by Crippen LogP contribution is -2.45. The van der Waals surface area contributed by atoms with Crippen molar-refractivity contribution in [3.63, 3.8) is 0 Å². The first-order valence-corrected chi connectivity index (χ1v) is 8.61. The first-order valence-electron chi connectivity index (χ1n) is 8.61. The molecule has 0 bridgehead atoms. The molecule has 1 aliphatic rings. The second-order valence-electron chi connectivity index (χ2n) is 6.51. The molecule has 25 heavy (non-hydrogen) atoms. The molecule has 142 valence electrons. The van der Waals surface area contributed by atoms with Gasteiger partial charge in [-0.3, -0.25) is 9.89 Å². The third-order valence-corrected chi connectivity index (χ3v) is 4.12. The van der Waals surface area contributed by atoms with E-state index >= 15 is 0 Å². The monoisotopic (exact) mass is 462 g/mol. The summed E-state index contributed by atoms with van der Waals surface area (Å²) in [5, 5.41) is 3.13. The average molecular weight is 462 g/mol. The van der Waals surface area contributed by atoms with Gasteiger partial charge in [-0.25, -0.2) is 0 Å². The van der Waals surface area contributed by atoms with Gasteiger partial charge >= 0.3 is 0 Å². The molecule has 3 N–H and O–H groups in total. The van der Waals surface area contributed by atoms with E-state index in [2.05, 4.69) is 29.1 Å². The van der Waals surface area contributed by atoms with Crippen molar-refractivity contribution in [1.82, 2.24) is 4.90 Å². The molecule has 1 aromatic carbocycles. The van der Waals surface area contributed by atoms with Gasteiger partial charge in [0.1, 0.15) is 5.75 Å². The maximum Gasteiger partial charge on any atom is 0.193 e. The first-order chi connectivity index (χ1) is 11.6. The number of nitrogens with two attached hydrogens (primary N) is 1. The molecule has 6 nitrogen and oxygen atoms in total. The minimum atomic E-state index is 0. The van der Waals surface area contributed by atoms with Crippen LogP contribution in [0, 0.1) is 5.92 Å². The third-order valence-electron chi connectivity index (χ3n) is 4.12. The van der Waals surface area contributed by atoms with Crippen LogP contribution in [0.3, 0.4) is 0 Å². The molecule has 7 heteroatoms. The van der Waals surface area contributed by atoms with Crippen molar-refractivity contribution in [1.29, 1.82) is 0 Å². The summed E-state index contributed by atoms with van der Waals surface area (Å²) in [4.78, 5) is 7.03. The maximum absolute atomic E-state index is 6.06. The minimum Gasteiger partial charge on any atom is -0.497 e. The average Bonchev–Trinajstić information content (AvgIpc) is 2.59. The van der Waals surface area contributed by atoms with Gasteiger partial charge in [0, 0.05) is 30.9 Å². The van der Waals surface area contributed by atoms with Gasteiger partial charge in [0.2, 0.25) is 0 Å². The molecular weight excluding hydrogens is 431 g/mol. The predicted molar refractivity (Wildman–Crippen MR) is 114 cm³/mol. The van der Waals surface area contributed by atoms with E-state index in [1.165, 1.54) is 0 Å². The normalized spacial score (nSPS) is 17.0. The number of nitrogens with zero attached hydrogens (tertiary/aromatic N) is 2. The zero-order valence-corrected chi connectivity index (χ0v) is 17.7. The van der Waals surface area contributed by atoms with Gasteiger partial charge in [-0.05, 0) is 24.5 Å². The SMILES string of the molecule is COc1cccc(NC(N)=NCC(CC(C)C)N2CCOCC2)c1.I. The van der Waals surface area contributed by atoms with Gasteiger partial charge in [0.05, 0.1) is 26.9 Å². The zero-order chi connectivity index (χ0) is 17.4. The molecule has 1 unspecified atom stereocenters. The quantitative estimate of drug-likeness (QED) is 0.371. The molecule has 1 aromatic rings. The van der Waals surface area contributed by atoms with Crippen LogP contribution in [0.15, 0.2) is 29.3 Å². The molecule has 0 aromatic heterocycles. The Kier molecular flexibility index (Phi) is 10.1. The van der Waals surface area contributed by atoms with E-state index in [-0.39, 0.29) is 24.0 Å². The standard InChI is InChI=1S/C18H30N4O2.HI/c1-14(2)11-16(22-7-9-24-10-8-22)13-20-18(19)21-15-5-4-6-17(12-15)23-3;/h4-6,12,14,16H,7-11,13H2,1-3H3,(H3,19,20,21);1H. The summed E-state index contributed by atoms with van der Waals surface area (Å²) in [5.41, 5.74) is 6.94. The van der Waals surface area contributed by atoms with Gasteiger partial charge in [-0.1, -0.05) is 19.9 Å². The summed E-state index contributed by atoms with van der Waals surface area (Å²) >= 11 is 0. The number of ether oxygens (including phenoxy) is 2. The number of hydrogen-bond acceptors (Lipinski definition) is 4. The van der Waals surface area contributed by atoms with E-state index < -0.39 is 0 Å². The van der Waals surface area contributed by atoms with Crippen molar-refractivity contribution in [3.8, 4) is 5.75 Å². The van der Waals surface area contributed by atoms with Crippen molar-refractivity contribution in [2.75, 3.05) is 45.3 Å². The van der Waals surface area contributed by atoms with Crippen molar-refractivity contribution in [3.05, 3.63) is 24.3 Å². The molecule has 0 aliphatic carbocycles. The number of anilines is 1. The summed E-state index contributed by atoms with van der Waals surface area (Å²) in [7, 11) is 1.65. The van der Waals surface area contributed by atoms with Crippen LogP contribution in [0.1, 0.15) is 20.3 Å². The molecule has 1 heterocycles. The lowest BCUT2D eigenvalue weighted by Gasteiger charge is -2.34. The van der Waals surface area contributed by atoms with E-state index in [4.69, 9.17) is 15.2 Å². The summed E-state index contributed by atoms with van der Waals surface area (Å²) in [6, 6.07) is 8.06. The Morgan fingerprint density at radius 1 is 1.36 bits per heavy atom. The van der Waals surface area contributed by atoms with Crippen molar-refractivity contribution in [2.24, 2.45) is 16.6 Å². The maximum atomic E-state index is 6.06. The van der Waals surface area contributed by atoms with Crippen LogP contribution >= 0.6 is 24.0 Å². The summed E-state index contributed by atoms with van der Waals surface area (Å²) in [6.07, 6.45) is 1.11. The summed E-state index contributed by atoms with van der Waals surface area (Å²) < 4.78 is 10.7. The molecule has 0 spiro atoms. The van der Waals surface area contributed by atoms with Crippen molar-refractivity contribution in [2.45, 2.75) is 26.3 Å². The van der Waals surface area contributed by atoms with E-state index in [1.54, 1.807) is 7.11 Å². The minimum absolute atomic E-state index is 0. The molecule has 1 saturated heterocycles. The van der Waals surface area contributed by atoms with Gasteiger partial charge in [-0.2, -0.15) is 0 Å². The number of hydrogen-bond donors (Lipinski definition) is 2. The van der Waals surface area contributed by atoms with Crippen LogP contribution in [0.25, 0.3) is 0 Å². The number of guanidine groups is 1. The van der Waals surface area contributed by atoms with Crippen molar-refractivity contribution >= 4 is 35.6 Å². The number of methoxy groups -OCH3 is 1. The van der Waals surface area contributed by atoms with Crippen LogP contribution in [-0.4, -0.2) is 56.9 Å². The predicted octanol–water partition coefficient (Wildman–Crippen LogP) is 2.79. The summed E-state index contributed by atoms with van der Waals surface area (Å²) in [5.74, 6) is 1.85. The van der Waals surface area contributed by atoms with Crippen LogP contribution in [0.2, 0.25) is 0 Å². The number of benzene rings is 1. The van der Waals surface area contributed by atoms with Crippen LogP contribution in [-0.2, 0) is 4.74 Å². The smallest absolute Gasteiger partial charge is 0.193 e. The lowest BCUT2D eigenvalue weighted by molar-refractivity contribution is 0.0143. The lowest BCUT2D eigenvalue weighted by atomic mass is 10.0. The molecule has 1 fully saturated rings. The Morgan fingerprint density at radius 2 is 2.08 bits per heavy atom. The second-order valence-corrected chi connectivity index (χ2v) is 6.51. The fourth-order valence-electron chi connectivity index (χ4n) is 2.92. The van der Waals surface area contributed by atoms with E-state index in [9.17, 15) is 0 Å². The highest BCUT2D eigenvalue weighted by Crippen LogP contribution is 2.17. The molecule has 0 saturated carbocycles. The third kappa shape index (κ3) is 7.79. The van der Waals surface area contributed by atoms with Gasteiger partial charge in [-0.15, -0.1) is 24.0 Å². The zero-order valence-electron chi connectivity index (χ0n) is 15.4. The fraction of sp³-hybridized carbons (Fsp3) is 0.611. The molecule has 0 amide bonds. The first kappa shape index (κ1) is 22.0. The number of halogens is 1. The van der Waals surface area contributed by atoms with Crippen LogP contribution < -0.4 is 15.8 Å². The largest absolute Gasteiger partial charge is 0.497 e. The highest BCUT2D eigenvalue weighted by atomic mass is 127. The Balaban J connectivity index is 0.00000312. The Hall–Kier alpha value is -1.06. The topological polar surface area (TPSA) is 72.1 Å². The van der Waals surface area contributed by atoms with Gasteiger partial charge in [0.25, 0.3) is 0 Å². The molecule has 1 aliphatic heterocycles. The van der Waals surface area contributed by atoms with E-state index in [0.717, 1.165) is 44.2 Å². The van der Waals surface area contributed by atoms with Crippen molar-refractivity contribution < 1.29 is 9.47 Å². The van der Waals surface area contributed by atoms with Crippen LogP contribution in [0.4, 0.5) is 5.69 Å². The Bertz CT molecular complexity index is 534. The number of aliphatic imine (C=N–C) groups is 1. The number of morpholine rings is 1. The summed E-state index contributed by atoms with van der Waals surface area (Å²) in [6.45, 7) is 8.73. The number of nitrogens with one attached hydrogen (secondary N) is 1.